The summed E-state index contributed by atoms with van der Waals surface area (Å²) >= 11 is 6.49. The Morgan fingerprint density at radius 1 is 1.05 bits per heavy atom. The van der Waals surface area contributed by atoms with E-state index >= 15 is 0 Å². The van der Waals surface area contributed by atoms with Crippen LogP contribution in [0.4, 0.5) is 0 Å². The number of nitrogens with zero attached hydrogens (tertiary/aromatic N) is 3. The first-order valence-corrected chi connectivity index (χ1v) is 14.5. The largest absolute Gasteiger partial charge is 0.494 e. The highest BCUT2D eigenvalue weighted by molar-refractivity contribution is 6.31. The summed E-state index contributed by atoms with van der Waals surface area (Å²) in [6, 6.07) is 23.5. The molecule has 0 saturated carbocycles. The van der Waals surface area contributed by atoms with E-state index in [1.54, 1.807) is 0 Å². The van der Waals surface area contributed by atoms with Gasteiger partial charge in [0, 0.05) is 22.7 Å². The summed E-state index contributed by atoms with van der Waals surface area (Å²) in [5.74, 6) is 1.52. The number of hydrogen-bond acceptors (Lipinski definition) is 6. The number of rotatable bonds is 11. The van der Waals surface area contributed by atoms with E-state index in [0.29, 0.717) is 48.5 Å². The number of aromatic nitrogens is 2. The fourth-order valence-electron chi connectivity index (χ4n) is 5.35. The summed E-state index contributed by atoms with van der Waals surface area (Å²) in [7, 11) is 0. The maximum absolute atomic E-state index is 12.2. The number of hydrogen-bond donors (Lipinski definition) is 1. The normalized spacial score (nSPS) is 15.2. The van der Waals surface area contributed by atoms with Crippen LogP contribution in [0.25, 0.3) is 22.8 Å². The summed E-state index contributed by atoms with van der Waals surface area (Å²) in [4.78, 5) is 19.1. The van der Waals surface area contributed by atoms with E-state index < -0.39 is 11.4 Å². The second-order valence-corrected chi connectivity index (χ2v) is 11.7. The fraction of sp³-hybridized carbons (Fsp3) is 0.364. The number of likely N-dealkylation sites (tertiary alicyclic amines) is 1. The number of aliphatic carboxylic acids is 1. The van der Waals surface area contributed by atoms with Gasteiger partial charge in [-0.3, -0.25) is 9.69 Å². The predicted octanol–water partition coefficient (Wildman–Crippen LogP) is 7.39. The molecule has 3 aromatic carbocycles. The molecule has 7 nitrogen and oxygen atoms in total. The van der Waals surface area contributed by atoms with Crippen molar-refractivity contribution in [2.24, 2.45) is 11.3 Å². The van der Waals surface area contributed by atoms with Gasteiger partial charge in [-0.05, 0) is 80.1 Å². The lowest BCUT2D eigenvalue weighted by Gasteiger charge is -2.39. The molecule has 1 aliphatic heterocycles. The lowest BCUT2D eigenvalue weighted by Crippen LogP contribution is -2.44. The summed E-state index contributed by atoms with van der Waals surface area (Å²) in [5.41, 5.74) is 3.19. The Hall–Kier alpha value is -3.68. The van der Waals surface area contributed by atoms with E-state index in [1.807, 2.05) is 60.7 Å². The van der Waals surface area contributed by atoms with Crippen LogP contribution in [-0.2, 0) is 17.8 Å². The van der Waals surface area contributed by atoms with Crippen LogP contribution in [0.1, 0.15) is 44.2 Å². The molecule has 1 aliphatic rings. The summed E-state index contributed by atoms with van der Waals surface area (Å²) in [5, 5.41) is 14.9. The van der Waals surface area contributed by atoms with Gasteiger partial charge in [0.2, 0.25) is 5.82 Å². The maximum Gasteiger partial charge on any atom is 0.309 e. The highest BCUT2D eigenvalue weighted by Gasteiger charge is 2.41. The minimum absolute atomic E-state index is 0.395. The van der Waals surface area contributed by atoms with Gasteiger partial charge in [0.25, 0.3) is 5.89 Å². The van der Waals surface area contributed by atoms with Crippen LogP contribution in [-0.4, -0.2) is 45.8 Å². The van der Waals surface area contributed by atoms with Gasteiger partial charge in [-0.2, -0.15) is 4.98 Å². The maximum atomic E-state index is 12.2. The Kier molecular flexibility index (Phi) is 9.06. The summed E-state index contributed by atoms with van der Waals surface area (Å²) < 4.78 is 11.3. The lowest BCUT2D eigenvalue weighted by atomic mass is 9.76. The van der Waals surface area contributed by atoms with Gasteiger partial charge in [0.1, 0.15) is 5.75 Å². The number of carboxylic acid groups (broad SMARTS) is 1. The Bertz CT molecular complexity index is 1450. The van der Waals surface area contributed by atoms with Crippen LogP contribution in [0.3, 0.4) is 0 Å². The van der Waals surface area contributed by atoms with Gasteiger partial charge < -0.3 is 14.4 Å². The van der Waals surface area contributed by atoms with Crippen molar-refractivity contribution in [3.8, 4) is 28.6 Å². The van der Waals surface area contributed by atoms with Crippen molar-refractivity contribution in [3.05, 3.63) is 88.9 Å². The number of carboxylic acids is 1. The second kappa shape index (κ2) is 12.9. The second-order valence-electron chi connectivity index (χ2n) is 11.3. The van der Waals surface area contributed by atoms with Crippen molar-refractivity contribution < 1.29 is 19.2 Å². The zero-order chi connectivity index (χ0) is 28.8. The molecule has 1 N–H and O–H groups in total. The average Bonchev–Trinajstić information content (AvgIpc) is 3.46. The predicted molar refractivity (Wildman–Crippen MR) is 160 cm³/mol. The third kappa shape index (κ3) is 7.16. The first-order chi connectivity index (χ1) is 19.8. The highest BCUT2D eigenvalue weighted by Crippen LogP contribution is 2.36. The molecule has 8 heteroatoms. The molecule has 0 atom stereocenters. The minimum Gasteiger partial charge on any atom is -0.494 e. The summed E-state index contributed by atoms with van der Waals surface area (Å²) in [6.45, 7) is 6.95. The molecule has 1 saturated heterocycles. The minimum atomic E-state index is -0.746. The third-order valence-electron chi connectivity index (χ3n) is 7.83. The van der Waals surface area contributed by atoms with Crippen molar-refractivity contribution in [1.82, 2.24) is 15.0 Å². The summed E-state index contributed by atoms with van der Waals surface area (Å²) in [6.07, 6.45) is 2.63. The Morgan fingerprint density at radius 3 is 2.41 bits per heavy atom. The Labute approximate surface area is 246 Å². The van der Waals surface area contributed by atoms with E-state index in [1.165, 1.54) is 0 Å². The molecule has 5 rings (SSSR count). The van der Waals surface area contributed by atoms with E-state index in [9.17, 15) is 9.90 Å². The molecule has 0 bridgehead atoms. The van der Waals surface area contributed by atoms with E-state index in [-0.39, 0.29) is 0 Å². The quantitative estimate of drug-likeness (QED) is 0.200. The van der Waals surface area contributed by atoms with Crippen LogP contribution in [0.5, 0.6) is 5.75 Å². The topological polar surface area (TPSA) is 88.7 Å². The number of ether oxygens (including phenoxy) is 1. The van der Waals surface area contributed by atoms with Crippen LogP contribution in [0.2, 0.25) is 5.02 Å². The van der Waals surface area contributed by atoms with Gasteiger partial charge in [-0.25, -0.2) is 0 Å². The number of piperidine rings is 1. The molecule has 41 heavy (non-hydrogen) atoms. The molecule has 4 aromatic rings. The van der Waals surface area contributed by atoms with E-state index in [2.05, 4.69) is 41.0 Å². The first-order valence-electron chi connectivity index (χ1n) is 14.2. The van der Waals surface area contributed by atoms with Gasteiger partial charge in [-0.15, -0.1) is 0 Å². The molecule has 0 aliphatic carbocycles. The molecule has 1 fully saturated rings. The number of benzene rings is 3. The Balaban J connectivity index is 1.15. The highest BCUT2D eigenvalue weighted by atomic mass is 35.5. The van der Waals surface area contributed by atoms with E-state index in [0.717, 1.165) is 54.1 Å². The number of para-hydroxylation sites is 1. The molecule has 0 unspecified atom stereocenters. The molecular weight excluding hydrogens is 538 g/mol. The Morgan fingerprint density at radius 2 is 1.76 bits per heavy atom. The van der Waals surface area contributed by atoms with Gasteiger partial charge in [-0.1, -0.05) is 79.1 Å². The van der Waals surface area contributed by atoms with Crippen molar-refractivity contribution in [2.45, 2.75) is 46.1 Å². The average molecular weight is 574 g/mol. The lowest BCUT2D eigenvalue weighted by molar-refractivity contribution is -0.153. The fourth-order valence-corrected chi connectivity index (χ4v) is 5.61. The van der Waals surface area contributed by atoms with Gasteiger partial charge >= 0.3 is 5.97 Å². The SMILES string of the molecule is CC(C)Cc1ccc(-c2nc(-c3ccc(CN4CCC(CCOc5ccccc5)(C(=O)O)CC4)cc3)no2)cc1Cl. The van der Waals surface area contributed by atoms with Crippen LogP contribution >= 0.6 is 11.6 Å². The van der Waals surface area contributed by atoms with Crippen LogP contribution in [0, 0.1) is 11.3 Å². The zero-order valence-corrected chi connectivity index (χ0v) is 24.3. The van der Waals surface area contributed by atoms with Crippen molar-refractivity contribution >= 4 is 17.6 Å². The third-order valence-corrected chi connectivity index (χ3v) is 8.18. The van der Waals surface area contributed by atoms with Crippen molar-refractivity contribution in [2.75, 3.05) is 19.7 Å². The molecule has 214 valence electrons. The number of halogens is 1. The standard InChI is InChI=1S/C33H36ClN3O4/c1-23(2)20-26-12-13-27(21-29(26)34)31-35-30(36-41-31)25-10-8-24(9-11-25)22-37-17-14-33(15-18-37,32(38)39)16-19-40-28-6-4-3-5-7-28/h3-13,21,23H,14-20,22H2,1-2H3,(H,38,39). The van der Waals surface area contributed by atoms with Crippen molar-refractivity contribution in [3.63, 3.8) is 0 Å². The smallest absolute Gasteiger partial charge is 0.309 e. The van der Waals surface area contributed by atoms with Crippen LogP contribution in [0.15, 0.2) is 77.3 Å². The molecular formula is C33H36ClN3O4. The van der Waals surface area contributed by atoms with Crippen LogP contribution < -0.4 is 4.74 Å². The van der Waals surface area contributed by atoms with Gasteiger partial charge in [0.15, 0.2) is 0 Å². The molecule has 2 heterocycles. The first kappa shape index (κ1) is 28.8. The number of carbonyl (C=O) groups is 1. The van der Waals surface area contributed by atoms with E-state index in [4.69, 9.17) is 20.9 Å². The van der Waals surface area contributed by atoms with Gasteiger partial charge in [0.05, 0.1) is 12.0 Å². The molecule has 0 spiro atoms. The zero-order valence-electron chi connectivity index (χ0n) is 23.6. The van der Waals surface area contributed by atoms with Crippen molar-refractivity contribution in [1.29, 1.82) is 0 Å². The monoisotopic (exact) mass is 573 g/mol. The molecule has 0 radical (unpaired) electrons. The molecule has 1 aromatic heterocycles. The molecule has 0 amide bonds.